The van der Waals surface area contributed by atoms with E-state index in [1.807, 2.05) is 0 Å². The van der Waals surface area contributed by atoms with Gasteiger partial charge in [-0.15, -0.1) is 0 Å². The maximum atomic E-state index is 2.52. The van der Waals surface area contributed by atoms with E-state index in [1.165, 1.54) is 57.8 Å². The molecule has 0 aromatic rings. The molecule has 0 bridgehead atoms. The maximum Gasteiger partial charge on any atom is -0.0320 e. The standard InChI is InChI=1S/C16H32.CH4/c1-5-7-9-11-16(12-10-8-6-2)14-13-15(3)4;/h14-15H,5-13H2,1-4H3;1H4. The molecular formula is C17H36. The minimum Gasteiger partial charge on any atom is -0.0851 e. The molecule has 0 aromatic heterocycles. The van der Waals surface area contributed by atoms with Crippen molar-refractivity contribution in [2.75, 3.05) is 0 Å². The Labute approximate surface area is 111 Å². The summed E-state index contributed by atoms with van der Waals surface area (Å²) in [5, 5.41) is 0. The molecule has 0 amide bonds. The highest BCUT2D eigenvalue weighted by atomic mass is 14.1. The molecule has 104 valence electrons. The lowest BCUT2D eigenvalue weighted by Gasteiger charge is -2.08. The van der Waals surface area contributed by atoms with Crippen LogP contribution in [0.25, 0.3) is 0 Å². The smallest absolute Gasteiger partial charge is 0.0320 e. The van der Waals surface area contributed by atoms with E-state index in [2.05, 4.69) is 33.8 Å². The number of rotatable bonds is 10. The van der Waals surface area contributed by atoms with Gasteiger partial charge in [-0.2, -0.15) is 0 Å². The van der Waals surface area contributed by atoms with Crippen molar-refractivity contribution in [2.24, 2.45) is 5.92 Å². The second-order valence-electron chi connectivity index (χ2n) is 5.41. The van der Waals surface area contributed by atoms with E-state index in [0.717, 1.165) is 5.92 Å². The molecule has 0 atom stereocenters. The van der Waals surface area contributed by atoms with Gasteiger partial charge in [0.15, 0.2) is 0 Å². The van der Waals surface area contributed by atoms with Crippen molar-refractivity contribution < 1.29 is 0 Å². The number of hydrogen-bond donors (Lipinski definition) is 0. The van der Waals surface area contributed by atoms with E-state index in [-0.39, 0.29) is 7.43 Å². The largest absolute Gasteiger partial charge is 0.0851 e. The molecule has 0 rings (SSSR count). The summed E-state index contributed by atoms with van der Waals surface area (Å²) in [6.07, 6.45) is 14.8. The quantitative estimate of drug-likeness (QED) is 0.292. The maximum absolute atomic E-state index is 2.52. The fourth-order valence-electron chi connectivity index (χ4n) is 1.94. The van der Waals surface area contributed by atoms with E-state index in [0.29, 0.717) is 0 Å². The molecule has 0 aliphatic heterocycles. The Morgan fingerprint density at radius 3 is 1.71 bits per heavy atom. The topological polar surface area (TPSA) is 0 Å². The van der Waals surface area contributed by atoms with Crippen LogP contribution < -0.4 is 0 Å². The third-order valence-corrected chi connectivity index (χ3v) is 3.08. The van der Waals surface area contributed by atoms with Gasteiger partial charge in [0.2, 0.25) is 0 Å². The first kappa shape index (κ1) is 19.1. The van der Waals surface area contributed by atoms with E-state index in [9.17, 15) is 0 Å². The van der Waals surface area contributed by atoms with Crippen molar-refractivity contribution in [3.05, 3.63) is 11.6 Å². The lowest BCUT2D eigenvalue weighted by atomic mass is 9.98. The minimum absolute atomic E-state index is 0. The molecule has 0 nitrogen and oxygen atoms in total. The molecule has 0 aliphatic carbocycles. The highest BCUT2D eigenvalue weighted by Gasteiger charge is 1.99. The first-order valence-electron chi connectivity index (χ1n) is 7.38. The molecule has 0 aromatic carbocycles. The van der Waals surface area contributed by atoms with Crippen LogP contribution in [0.1, 0.15) is 92.9 Å². The number of hydrogen-bond acceptors (Lipinski definition) is 0. The Morgan fingerprint density at radius 2 is 1.35 bits per heavy atom. The summed E-state index contributed by atoms with van der Waals surface area (Å²) < 4.78 is 0. The summed E-state index contributed by atoms with van der Waals surface area (Å²) in [5.74, 6) is 0.812. The van der Waals surface area contributed by atoms with Gasteiger partial charge in [0.05, 0.1) is 0 Å². The summed E-state index contributed by atoms with van der Waals surface area (Å²) in [4.78, 5) is 0. The van der Waals surface area contributed by atoms with Crippen molar-refractivity contribution in [3.63, 3.8) is 0 Å². The second-order valence-corrected chi connectivity index (χ2v) is 5.41. The lowest BCUT2D eigenvalue weighted by molar-refractivity contribution is 0.632. The zero-order chi connectivity index (χ0) is 12.2. The van der Waals surface area contributed by atoms with E-state index in [1.54, 1.807) is 5.57 Å². The fourth-order valence-corrected chi connectivity index (χ4v) is 1.94. The van der Waals surface area contributed by atoms with Gasteiger partial charge in [0.25, 0.3) is 0 Å². The molecule has 0 radical (unpaired) electrons. The minimum atomic E-state index is 0. The molecule has 0 fully saturated rings. The summed E-state index contributed by atoms with van der Waals surface area (Å²) in [6, 6.07) is 0. The Hall–Kier alpha value is -0.260. The lowest BCUT2D eigenvalue weighted by Crippen LogP contribution is -1.90. The highest BCUT2D eigenvalue weighted by Crippen LogP contribution is 2.18. The summed E-state index contributed by atoms with van der Waals surface area (Å²) in [6.45, 7) is 9.20. The van der Waals surface area contributed by atoms with Crippen LogP contribution in [0.15, 0.2) is 11.6 Å². The molecular weight excluding hydrogens is 204 g/mol. The molecule has 0 saturated carbocycles. The molecule has 0 heteroatoms. The molecule has 17 heavy (non-hydrogen) atoms. The third-order valence-electron chi connectivity index (χ3n) is 3.08. The molecule has 0 unspecified atom stereocenters. The van der Waals surface area contributed by atoms with E-state index < -0.39 is 0 Å². The van der Waals surface area contributed by atoms with Gasteiger partial charge in [0.1, 0.15) is 0 Å². The molecule has 0 aliphatic rings. The van der Waals surface area contributed by atoms with Crippen LogP contribution >= 0.6 is 0 Å². The number of unbranched alkanes of at least 4 members (excludes halogenated alkanes) is 4. The van der Waals surface area contributed by atoms with Gasteiger partial charge < -0.3 is 0 Å². The van der Waals surface area contributed by atoms with Gasteiger partial charge >= 0.3 is 0 Å². The summed E-state index contributed by atoms with van der Waals surface area (Å²) in [7, 11) is 0. The highest BCUT2D eigenvalue weighted by molar-refractivity contribution is 5.02. The van der Waals surface area contributed by atoms with Gasteiger partial charge in [-0.25, -0.2) is 0 Å². The zero-order valence-corrected chi connectivity index (χ0v) is 12.0. The fraction of sp³-hybridized carbons (Fsp3) is 0.882. The average Bonchev–Trinajstić information content (AvgIpc) is 2.25. The van der Waals surface area contributed by atoms with Gasteiger partial charge in [-0.1, -0.05) is 72.5 Å². The monoisotopic (exact) mass is 240 g/mol. The first-order valence-corrected chi connectivity index (χ1v) is 7.38. The van der Waals surface area contributed by atoms with Crippen molar-refractivity contribution in [1.82, 2.24) is 0 Å². The molecule has 0 spiro atoms. The second kappa shape index (κ2) is 13.8. The molecule has 0 heterocycles. The van der Waals surface area contributed by atoms with Crippen molar-refractivity contribution in [1.29, 1.82) is 0 Å². The van der Waals surface area contributed by atoms with Crippen molar-refractivity contribution >= 4 is 0 Å². The van der Waals surface area contributed by atoms with E-state index in [4.69, 9.17) is 0 Å². The van der Waals surface area contributed by atoms with Gasteiger partial charge in [0, 0.05) is 0 Å². The summed E-state index contributed by atoms with van der Waals surface area (Å²) >= 11 is 0. The number of allylic oxidation sites excluding steroid dienone is 2. The van der Waals surface area contributed by atoms with Crippen molar-refractivity contribution in [3.8, 4) is 0 Å². The zero-order valence-electron chi connectivity index (χ0n) is 12.0. The van der Waals surface area contributed by atoms with Crippen LogP contribution in [0.5, 0.6) is 0 Å². The van der Waals surface area contributed by atoms with Gasteiger partial charge in [-0.05, 0) is 38.0 Å². The van der Waals surface area contributed by atoms with Crippen LogP contribution in [0, 0.1) is 5.92 Å². The predicted molar refractivity (Wildman–Crippen MR) is 82.6 cm³/mol. The predicted octanol–water partition coefficient (Wildman–Crippen LogP) is 6.76. The normalized spacial score (nSPS) is 10.2. The molecule has 0 N–H and O–H groups in total. The van der Waals surface area contributed by atoms with Crippen LogP contribution in [0.2, 0.25) is 0 Å². The van der Waals surface area contributed by atoms with Crippen LogP contribution in [-0.4, -0.2) is 0 Å². The van der Waals surface area contributed by atoms with Crippen LogP contribution in [0.4, 0.5) is 0 Å². The SMILES string of the molecule is C.CCCCCC(=CCC(C)C)CCCCC. The van der Waals surface area contributed by atoms with E-state index >= 15 is 0 Å². The van der Waals surface area contributed by atoms with Crippen LogP contribution in [-0.2, 0) is 0 Å². The average molecular weight is 240 g/mol. The Kier molecular flexibility index (Phi) is 15.5. The Balaban J connectivity index is 0. The molecule has 0 saturated heterocycles. The Bertz CT molecular complexity index is 153. The van der Waals surface area contributed by atoms with Crippen molar-refractivity contribution in [2.45, 2.75) is 92.9 Å². The van der Waals surface area contributed by atoms with Gasteiger partial charge in [-0.3, -0.25) is 0 Å². The third kappa shape index (κ3) is 13.7. The first-order chi connectivity index (χ1) is 7.70. The Morgan fingerprint density at radius 1 is 0.882 bits per heavy atom. The van der Waals surface area contributed by atoms with Crippen LogP contribution in [0.3, 0.4) is 0 Å². The summed E-state index contributed by atoms with van der Waals surface area (Å²) in [5.41, 5.74) is 1.73.